The number of nitrogens with two attached hydrogens (primary N) is 1. The van der Waals surface area contributed by atoms with Gasteiger partial charge in [0.05, 0.1) is 18.3 Å². The molecular weight excluding hydrogens is 266 g/mol. The van der Waals surface area contributed by atoms with Gasteiger partial charge in [-0.15, -0.1) is 0 Å². The Morgan fingerprint density at radius 3 is 1.84 bits per heavy atom. The van der Waals surface area contributed by atoms with E-state index in [1.807, 2.05) is 0 Å². The van der Waals surface area contributed by atoms with Crippen molar-refractivity contribution in [2.24, 2.45) is 5.73 Å². The average molecular weight is 295 g/mol. The second kappa shape index (κ2) is 9.81. The molecule has 0 radical (unpaired) electrons. The van der Waals surface area contributed by atoms with Crippen molar-refractivity contribution in [2.75, 3.05) is 20.8 Å². The molecule has 7 heteroatoms. The van der Waals surface area contributed by atoms with Crippen LogP contribution in [0.15, 0.2) is 0 Å². The minimum Gasteiger partial charge on any atom is -0.393 e. The first kappa shape index (κ1) is 19.0. The van der Waals surface area contributed by atoms with Gasteiger partial charge in [0.15, 0.2) is 0 Å². The lowest BCUT2D eigenvalue weighted by Gasteiger charge is -2.32. The molecule has 2 unspecified atom stereocenters. The molecule has 0 aromatic carbocycles. The molecule has 0 aliphatic heterocycles. The maximum Gasteiger partial charge on any atom is 0.500 e. The molecule has 0 saturated heterocycles. The first-order valence-electron chi connectivity index (χ1n) is 6.73. The maximum absolute atomic E-state index is 9.51. The highest BCUT2D eigenvalue weighted by molar-refractivity contribution is 6.60. The van der Waals surface area contributed by atoms with E-state index in [1.165, 1.54) is 0 Å². The molecule has 0 aromatic heterocycles. The fourth-order valence-corrected chi connectivity index (χ4v) is 4.19. The van der Waals surface area contributed by atoms with Gasteiger partial charge in [0.1, 0.15) is 0 Å². The van der Waals surface area contributed by atoms with Crippen molar-refractivity contribution in [3.8, 4) is 0 Å². The monoisotopic (exact) mass is 295 g/mol. The molecule has 0 aromatic rings. The largest absolute Gasteiger partial charge is 0.500 e. The molecule has 0 rings (SSSR count). The Balaban J connectivity index is 4.70. The summed E-state index contributed by atoms with van der Waals surface area (Å²) in [5.74, 6) is 0. The lowest BCUT2D eigenvalue weighted by Crippen LogP contribution is -2.48. The molecule has 4 N–H and O–H groups in total. The second-order valence-electron chi connectivity index (χ2n) is 4.89. The first-order chi connectivity index (χ1) is 8.89. The number of aliphatic hydroxyl groups is 2. The summed E-state index contributed by atoms with van der Waals surface area (Å²) in [4.78, 5) is 0. The van der Waals surface area contributed by atoms with E-state index >= 15 is 0 Å². The van der Waals surface area contributed by atoms with Crippen LogP contribution in [0.4, 0.5) is 0 Å². The van der Waals surface area contributed by atoms with Crippen LogP contribution >= 0.6 is 0 Å². The zero-order chi connectivity index (χ0) is 14.9. The summed E-state index contributed by atoms with van der Waals surface area (Å²) in [5.41, 5.74) is 5.51. The normalized spacial score (nSPS) is 17.2. The van der Waals surface area contributed by atoms with E-state index in [9.17, 15) is 10.2 Å². The fourth-order valence-electron chi connectivity index (χ4n) is 1.97. The van der Waals surface area contributed by atoms with Crippen molar-refractivity contribution in [1.82, 2.24) is 0 Å². The van der Waals surface area contributed by atoms with Crippen LogP contribution in [0.1, 0.15) is 33.1 Å². The Kier molecular flexibility index (Phi) is 9.80. The fraction of sp³-hybridized carbons (Fsp3) is 1.00. The van der Waals surface area contributed by atoms with Gasteiger partial charge in [-0.05, 0) is 39.7 Å². The highest BCUT2D eigenvalue weighted by Gasteiger charge is 2.41. The molecule has 0 amide bonds. The quantitative estimate of drug-likeness (QED) is 0.480. The van der Waals surface area contributed by atoms with Crippen molar-refractivity contribution >= 4 is 8.80 Å². The van der Waals surface area contributed by atoms with Crippen LogP contribution < -0.4 is 5.73 Å². The molecule has 19 heavy (non-hydrogen) atoms. The molecule has 116 valence electrons. The Morgan fingerprint density at radius 2 is 1.53 bits per heavy atom. The van der Waals surface area contributed by atoms with E-state index in [-0.39, 0.29) is 6.10 Å². The summed E-state index contributed by atoms with van der Waals surface area (Å²) in [6.45, 7) is 3.94. The van der Waals surface area contributed by atoms with Crippen LogP contribution in [0.3, 0.4) is 0 Å². The van der Waals surface area contributed by atoms with Crippen molar-refractivity contribution in [3.05, 3.63) is 0 Å². The zero-order valence-corrected chi connectivity index (χ0v) is 13.5. The maximum atomic E-state index is 9.51. The third-order valence-electron chi connectivity index (χ3n) is 2.86. The smallest absolute Gasteiger partial charge is 0.393 e. The van der Waals surface area contributed by atoms with Crippen LogP contribution in [0.2, 0.25) is 6.04 Å². The second-order valence-corrected chi connectivity index (χ2v) is 7.81. The van der Waals surface area contributed by atoms with Gasteiger partial charge in [-0.25, -0.2) is 0 Å². The number of hydrogen-bond donors (Lipinski definition) is 3. The van der Waals surface area contributed by atoms with Crippen LogP contribution in [0.25, 0.3) is 0 Å². The Morgan fingerprint density at radius 1 is 1.05 bits per heavy atom. The summed E-state index contributed by atoms with van der Waals surface area (Å²) in [6, 6.07) is 0.632. The minimum atomic E-state index is -2.76. The van der Waals surface area contributed by atoms with Gasteiger partial charge >= 0.3 is 8.80 Å². The van der Waals surface area contributed by atoms with Crippen molar-refractivity contribution in [2.45, 2.75) is 57.5 Å². The SMILES string of the molecule is CO[Si](CCCN)(OC)OC(CC(C)O)CC(C)O. The highest BCUT2D eigenvalue weighted by atomic mass is 28.4. The Bertz CT molecular complexity index is 214. The average Bonchev–Trinajstić information content (AvgIpc) is 2.33. The minimum absolute atomic E-state index is 0.288. The predicted octanol–water partition coefficient (Wildman–Crippen LogP) is 0.494. The summed E-state index contributed by atoms with van der Waals surface area (Å²) in [5, 5.41) is 19.0. The molecule has 6 nitrogen and oxygen atoms in total. The first-order valence-corrected chi connectivity index (χ1v) is 8.66. The molecule has 0 saturated carbocycles. The summed E-state index contributed by atoms with van der Waals surface area (Å²) < 4.78 is 16.9. The lowest BCUT2D eigenvalue weighted by molar-refractivity contribution is 0.00710. The molecule has 0 aliphatic rings. The lowest BCUT2D eigenvalue weighted by atomic mass is 10.1. The third kappa shape index (κ3) is 7.98. The van der Waals surface area contributed by atoms with E-state index in [4.69, 9.17) is 19.0 Å². The number of aliphatic hydroxyl groups excluding tert-OH is 2. The highest BCUT2D eigenvalue weighted by Crippen LogP contribution is 2.22. The summed E-state index contributed by atoms with van der Waals surface area (Å²) in [6.07, 6.45) is 0.343. The molecule has 0 spiro atoms. The third-order valence-corrected chi connectivity index (χ3v) is 5.77. The van der Waals surface area contributed by atoms with Crippen LogP contribution in [-0.4, -0.2) is 58.1 Å². The summed E-state index contributed by atoms with van der Waals surface area (Å²) >= 11 is 0. The molecule has 0 bridgehead atoms. The van der Waals surface area contributed by atoms with Gasteiger partial charge in [0, 0.05) is 20.3 Å². The molecule has 0 fully saturated rings. The van der Waals surface area contributed by atoms with Crippen molar-refractivity contribution in [1.29, 1.82) is 0 Å². The molecule has 0 heterocycles. The molecule has 0 aliphatic carbocycles. The molecular formula is C12H29NO5Si. The summed E-state index contributed by atoms with van der Waals surface area (Å²) in [7, 11) is 0.364. The van der Waals surface area contributed by atoms with Gasteiger partial charge < -0.3 is 29.2 Å². The van der Waals surface area contributed by atoms with E-state index < -0.39 is 21.0 Å². The standard InChI is InChI=1S/C12H29NO5Si/c1-10(14)8-12(9-11(2)15)18-19(16-3,17-4)7-5-6-13/h10-12,14-15H,5-9,13H2,1-4H3. The Labute approximate surface area is 117 Å². The van der Waals surface area contributed by atoms with Gasteiger partial charge in [-0.1, -0.05) is 0 Å². The van der Waals surface area contributed by atoms with Gasteiger partial charge in [-0.2, -0.15) is 0 Å². The van der Waals surface area contributed by atoms with Crippen LogP contribution in [0.5, 0.6) is 0 Å². The van der Waals surface area contributed by atoms with Crippen LogP contribution in [-0.2, 0) is 13.3 Å². The number of hydrogen-bond acceptors (Lipinski definition) is 6. The molecule has 2 atom stereocenters. The topological polar surface area (TPSA) is 94.2 Å². The Hall–Kier alpha value is -0.0231. The zero-order valence-electron chi connectivity index (χ0n) is 12.5. The van der Waals surface area contributed by atoms with Gasteiger partial charge in [-0.3, -0.25) is 0 Å². The number of rotatable bonds is 11. The van der Waals surface area contributed by atoms with E-state index in [0.29, 0.717) is 25.4 Å². The van der Waals surface area contributed by atoms with Crippen LogP contribution in [0, 0.1) is 0 Å². The predicted molar refractivity (Wildman–Crippen MR) is 75.7 cm³/mol. The van der Waals surface area contributed by atoms with E-state index in [2.05, 4.69) is 0 Å². The van der Waals surface area contributed by atoms with Crippen molar-refractivity contribution in [3.63, 3.8) is 0 Å². The van der Waals surface area contributed by atoms with Gasteiger partial charge in [0.2, 0.25) is 0 Å². The van der Waals surface area contributed by atoms with Gasteiger partial charge in [0.25, 0.3) is 0 Å². The van der Waals surface area contributed by atoms with E-state index in [1.54, 1.807) is 28.1 Å². The van der Waals surface area contributed by atoms with E-state index in [0.717, 1.165) is 6.42 Å². The van der Waals surface area contributed by atoms with Crippen molar-refractivity contribution < 1.29 is 23.5 Å².